The Morgan fingerprint density at radius 2 is 1.84 bits per heavy atom. The van der Waals surface area contributed by atoms with Gasteiger partial charge in [0, 0.05) is 0 Å². The van der Waals surface area contributed by atoms with Gasteiger partial charge in [0.1, 0.15) is 5.82 Å². The van der Waals surface area contributed by atoms with Gasteiger partial charge in [-0.3, -0.25) is 9.69 Å². The number of carbonyl (C=O) groups is 1. The number of carbonyl (C=O) groups excluding carboxylic acids is 1. The molecule has 0 spiro atoms. The maximum absolute atomic E-state index is 13.0. The summed E-state index contributed by atoms with van der Waals surface area (Å²) in [6, 6.07) is 14.1. The molecule has 1 amide bonds. The summed E-state index contributed by atoms with van der Waals surface area (Å²) in [5.74, 6) is -0.311. The largest absolute Gasteiger partial charge is 0.284 e. The topological polar surface area (TPSA) is 45.0 Å². The third kappa shape index (κ3) is 4.33. The number of hydrogen-bond donors (Lipinski definition) is 0. The van der Waals surface area contributed by atoms with E-state index in [4.69, 9.17) is 0 Å². The monoisotopic (exact) mass is 355 g/mol. The van der Waals surface area contributed by atoms with Crippen molar-refractivity contribution in [2.45, 2.75) is 25.6 Å². The van der Waals surface area contributed by atoms with Gasteiger partial charge in [-0.1, -0.05) is 53.7 Å². The molecule has 2 aromatic carbocycles. The Morgan fingerprint density at radius 1 is 1.16 bits per heavy atom. The number of nitrogens with zero attached hydrogens (tertiary/aromatic N) is 3. The molecule has 0 aliphatic carbocycles. The van der Waals surface area contributed by atoms with E-state index >= 15 is 0 Å². The average molecular weight is 355 g/mol. The van der Waals surface area contributed by atoms with Gasteiger partial charge < -0.3 is 0 Å². The normalized spacial score (nSPS) is 19.3. The number of rotatable bonds is 4. The van der Waals surface area contributed by atoms with Gasteiger partial charge in [-0.2, -0.15) is 5.10 Å². The Bertz CT molecular complexity index is 816. The van der Waals surface area contributed by atoms with Gasteiger partial charge in [-0.25, -0.2) is 4.39 Å². The number of amides is 1. The SMILES string of the molecule is Cc1ccc(/C=N/N=C2/SC(C)C(=O)N2Cc2ccc(F)cc2)cc1. The lowest BCUT2D eigenvalue weighted by atomic mass is 10.2. The minimum atomic E-state index is -0.296. The number of benzene rings is 2. The standard InChI is InChI=1S/C19H18FN3OS/c1-13-3-5-15(6-4-13)11-21-22-19-23(18(24)14(2)25-19)12-16-7-9-17(20)10-8-16/h3-11,14H,12H2,1-2H3/b21-11+,22-19+. The summed E-state index contributed by atoms with van der Waals surface area (Å²) in [6.45, 7) is 4.23. The van der Waals surface area contributed by atoms with Crippen molar-refractivity contribution in [2.75, 3.05) is 0 Å². The van der Waals surface area contributed by atoms with Crippen LogP contribution in [0.5, 0.6) is 0 Å². The molecule has 6 heteroatoms. The molecule has 1 saturated heterocycles. The fourth-order valence-electron chi connectivity index (χ4n) is 2.38. The number of amidine groups is 1. The lowest BCUT2D eigenvalue weighted by Gasteiger charge is -2.15. The van der Waals surface area contributed by atoms with E-state index in [-0.39, 0.29) is 17.0 Å². The molecule has 1 aliphatic rings. The molecule has 2 aromatic rings. The summed E-state index contributed by atoms with van der Waals surface area (Å²) in [4.78, 5) is 13.9. The van der Waals surface area contributed by atoms with E-state index in [1.54, 1.807) is 23.2 Å². The number of thioether (sulfide) groups is 1. The molecule has 1 aliphatic heterocycles. The van der Waals surface area contributed by atoms with E-state index in [1.165, 1.54) is 29.5 Å². The van der Waals surface area contributed by atoms with Crippen LogP contribution in [0, 0.1) is 12.7 Å². The van der Waals surface area contributed by atoms with Gasteiger partial charge in [-0.15, -0.1) is 5.10 Å². The molecule has 0 saturated carbocycles. The summed E-state index contributed by atoms with van der Waals surface area (Å²) in [6.07, 6.45) is 1.66. The highest BCUT2D eigenvalue weighted by Crippen LogP contribution is 2.28. The average Bonchev–Trinajstić information content (AvgIpc) is 2.86. The molecular weight excluding hydrogens is 337 g/mol. The predicted molar refractivity (Wildman–Crippen MR) is 100 cm³/mol. The number of halogens is 1. The van der Waals surface area contributed by atoms with E-state index in [0.29, 0.717) is 11.7 Å². The quantitative estimate of drug-likeness (QED) is 0.615. The van der Waals surface area contributed by atoms with Crippen molar-refractivity contribution in [3.63, 3.8) is 0 Å². The second-order valence-electron chi connectivity index (χ2n) is 5.85. The van der Waals surface area contributed by atoms with Gasteiger partial charge in [0.15, 0.2) is 5.17 Å². The fourth-order valence-corrected chi connectivity index (χ4v) is 3.30. The highest BCUT2D eigenvalue weighted by atomic mass is 32.2. The van der Waals surface area contributed by atoms with Crippen molar-refractivity contribution < 1.29 is 9.18 Å². The minimum Gasteiger partial charge on any atom is -0.284 e. The molecule has 0 radical (unpaired) electrons. The minimum absolute atomic E-state index is 0.0152. The third-order valence-electron chi connectivity index (χ3n) is 3.81. The lowest BCUT2D eigenvalue weighted by Crippen LogP contribution is -2.30. The molecule has 0 aromatic heterocycles. The molecule has 0 N–H and O–H groups in total. The number of hydrogen-bond acceptors (Lipinski definition) is 4. The zero-order chi connectivity index (χ0) is 17.8. The van der Waals surface area contributed by atoms with Crippen molar-refractivity contribution in [1.82, 2.24) is 4.90 Å². The van der Waals surface area contributed by atoms with Gasteiger partial charge in [0.25, 0.3) is 0 Å². The van der Waals surface area contributed by atoms with Crippen LogP contribution in [0.1, 0.15) is 23.6 Å². The molecule has 1 heterocycles. The van der Waals surface area contributed by atoms with Gasteiger partial charge >= 0.3 is 0 Å². The van der Waals surface area contributed by atoms with Gasteiger partial charge in [0.2, 0.25) is 5.91 Å². The summed E-state index contributed by atoms with van der Waals surface area (Å²) in [5.41, 5.74) is 2.97. The third-order valence-corrected chi connectivity index (χ3v) is 4.88. The summed E-state index contributed by atoms with van der Waals surface area (Å²) >= 11 is 1.38. The van der Waals surface area contributed by atoms with Crippen molar-refractivity contribution in [3.05, 3.63) is 71.0 Å². The maximum atomic E-state index is 13.0. The first-order valence-corrected chi connectivity index (χ1v) is 8.81. The van der Waals surface area contributed by atoms with E-state index < -0.39 is 0 Å². The van der Waals surface area contributed by atoms with Crippen molar-refractivity contribution in [2.24, 2.45) is 10.2 Å². The van der Waals surface area contributed by atoms with E-state index in [9.17, 15) is 9.18 Å². The van der Waals surface area contributed by atoms with Crippen molar-refractivity contribution in [1.29, 1.82) is 0 Å². The molecule has 4 nitrogen and oxygen atoms in total. The second-order valence-corrected chi connectivity index (χ2v) is 7.16. The first-order chi connectivity index (χ1) is 12.0. The zero-order valence-electron chi connectivity index (χ0n) is 14.0. The molecule has 1 atom stereocenters. The Morgan fingerprint density at radius 3 is 2.52 bits per heavy atom. The fraction of sp³-hybridized carbons (Fsp3) is 0.211. The lowest BCUT2D eigenvalue weighted by molar-refractivity contribution is -0.126. The first kappa shape index (κ1) is 17.4. The Hall–Kier alpha value is -2.47. The van der Waals surface area contributed by atoms with E-state index in [0.717, 1.165) is 11.1 Å². The van der Waals surface area contributed by atoms with Crippen LogP contribution in [0.3, 0.4) is 0 Å². The van der Waals surface area contributed by atoms with Crippen LogP contribution >= 0.6 is 11.8 Å². The van der Waals surface area contributed by atoms with E-state index in [1.807, 2.05) is 38.1 Å². The highest BCUT2D eigenvalue weighted by molar-refractivity contribution is 8.15. The molecule has 1 unspecified atom stereocenters. The van der Waals surface area contributed by atoms with Crippen LogP contribution in [0.2, 0.25) is 0 Å². The van der Waals surface area contributed by atoms with E-state index in [2.05, 4.69) is 10.2 Å². The molecule has 25 heavy (non-hydrogen) atoms. The molecule has 1 fully saturated rings. The number of aryl methyl sites for hydroxylation is 1. The molecule has 0 bridgehead atoms. The Kier molecular flexibility index (Phi) is 5.28. The van der Waals surface area contributed by atoms with Crippen LogP contribution in [0.4, 0.5) is 4.39 Å². The predicted octanol–water partition coefficient (Wildman–Crippen LogP) is 3.99. The van der Waals surface area contributed by atoms with Crippen LogP contribution in [0.15, 0.2) is 58.7 Å². The second kappa shape index (κ2) is 7.61. The molecule has 3 rings (SSSR count). The van der Waals surface area contributed by atoms with Crippen LogP contribution in [0.25, 0.3) is 0 Å². The summed E-state index contributed by atoms with van der Waals surface area (Å²) < 4.78 is 13.0. The maximum Gasteiger partial charge on any atom is 0.242 e. The van der Waals surface area contributed by atoms with Crippen LogP contribution in [-0.4, -0.2) is 27.4 Å². The Balaban J connectivity index is 1.76. The zero-order valence-corrected chi connectivity index (χ0v) is 14.8. The van der Waals surface area contributed by atoms with Gasteiger partial charge in [-0.05, 0) is 37.1 Å². The van der Waals surface area contributed by atoms with Gasteiger partial charge in [0.05, 0.1) is 18.0 Å². The molecular formula is C19H18FN3OS. The smallest absolute Gasteiger partial charge is 0.242 e. The van der Waals surface area contributed by atoms with Crippen molar-refractivity contribution in [3.8, 4) is 0 Å². The van der Waals surface area contributed by atoms with Crippen LogP contribution in [-0.2, 0) is 11.3 Å². The first-order valence-electron chi connectivity index (χ1n) is 7.93. The highest BCUT2D eigenvalue weighted by Gasteiger charge is 2.35. The van der Waals surface area contributed by atoms with Crippen molar-refractivity contribution >= 4 is 29.1 Å². The van der Waals surface area contributed by atoms with Crippen LogP contribution < -0.4 is 0 Å². The molecule has 128 valence electrons. The summed E-state index contributed by atoms with van der Waals surface area (Å²) in [7, 11) is 0. The summed E-state index contributed by atoms with van der Waals surface area (Å²) in [5, 5.41) is 8.69. The Labute approximate surface area is 150 Å².